The second kappa shape index (κ2) is 9.24. The minimum atomic E-state index is -0.764. The molecule has 0 bridgehead atoms. The van der Waals surface area contributed by atoms with Crippen molar-refractivity contribution in [3.8, 4) is 0 Å². The summed E-state index contributed by atoms with van der Waals surface area (Å²) in [5.41, 5.74) is 1.56. The third-order valence-electron chi connectivity index (χ3n) is 4.22. The van der Waals surface area contributed by atoms with Crippen LogP contribution >= 0.6 is 0 Å². The van der Waals surface area contributed by atoms with Crippen LogP contribution in [0.2, 0.25) is 0 Å². The first-order valence-electron chi connectivity index (χ1n) is 8.16. The molecule has 4 N–H and O–H groups in total. The van der Waals surface area contributed by atoms with E-state index in [-0.39, 0.29) is 11.9 Å². The minimum Gasteiger partial charge on any atom is -0.481 e. The molecule has 1 aromatic carbocycles. The lowest BCUT2D eigenvalue weighted by molar-refractivity contribution is -0.143. The smallest absolute Gasteiger partial charge is 0.319 e. The second-order valence-electron chi connectivity index (χ2n) is 5.98. The van der Waals surface area contributed by atoms with Crippen LogP contribution in [0.25, 0.3) is 0 Å². The molecule has 7 nitrogen and oxygen atoms in total. The number of benzene rings is 1. The summed E-state index contributed by atoms with van der Waals surface area (Å²) in [6.07, 6.45) is 1.35. The highest BCUT2D eigenvalue weighted by Gasteiger charge is 2.30. The number of rotatable bonds is 8. The molecule has 0 radical (unpaired) electrons. The molecule has 2 atom stereocenters. The lowest BCUT2D eigenvalue weighted by atomic mass is 9.86. The number of methoxy groups -OCH3 is 1. The van der Waals surface area contributed by atoms with Gasteiger partial charge in [-0.2, -0.15) is 0 Å². The van der Waals surface area contributed by atoms with E-state index < -0.39 is 11.9 Å². The average molecular weight is 335 g/mol. The number of amides is 2. The van der Waals surface area contributed by atoms with Crippen molar-refractivity contribution in [3.63, 3.8) is 0 Å². The lowest BCUT2D eigenvalue weighted by Crippen LogP contribution is -2.31. The van der Waals surface area contributed by atoms with E-state index in [1.165, 1.54) is 0 Å². The van der Waals surface area contributed by atoms with Crippen LogP contribution in [0, 0.1) is 11.8 Å². The van der Waals surface area contributed by atoms with Gasteiger partial charge in [0.2, 0.25) is 0 Å². The van der Waals surface area contributed by atoms with Crippen LogP contribution in [0.15, 0.2) is 24.3 Å². The summed E-state index contributed by atoms with van der Waals surface area (Å²) in [7, 11) is 1.57. The third kappa shape index (κ3) is 5.50. The van der Waals surface area contributed by atoms with E-state index in [1.807, 2.05) is 18.2 Å². The summed E-state index contributed by atoms with van der Waals surface area (Å²) in [5.74, 6) is -1.03. The molecule has 0 unspecified atom stereocenters. The molecule has 2 amide bonds. The summed E-state index contributed by atoms with van der Waals surface area (Å²) in [6.45, 7) is 2.50. The van der Waals surface area contributed by atoms with Crippen LogP contribution in [0.4, 0.5) is 10.5 Å². The van der Waals surface area contributed by atoms with E-state index in [2.05, 4.69) is 16.0 Å². The molecule has 1 saturated heterocycles. The predicted molar refractivity (Wildman–Crippen MR) is 91.1 cm³/mol. The fourth-order valence-corrected chi connectivity index (χ4v) is 2.95. The Hall–Kier alpha value is -2.12. The van der Waals surface area contributed by atoms with Crippen LogP contribution in [-0.2, 0) is 16.0 Å². The molecule has 132 valence electrons. The molecule has 0 aromatic heterocycles. The van der Waals surface area contributed by atoms with E-state index in [9.17, 15) is 14.7 Å². The number of aliphatic carboxylic acids is 1. The van der Waals surface area contributed by atoms with E-state index in [0.29, 0.717) is 25.3 Å². The Balaban J connectivity index is 1.95. The number of urea groups is 1. The van der Waals surface area contributed by atoms with Gasteiger partial charge in [-0.1, -0.05) is 12.1 Å². The number of hydrogen-bond acceptors (Lipinski definition) is 4. The zero-order chi connectivity index (χ0) is 17.4. The molecule has 1 aromatic rings. The molecule has 0 spiro atoms. The van der Waals surface area contributed by atoms with Crippen molar-refractivity contribution < 1.29 is 19.4 Å². The molecule has 1 aliphatic heterocycles. The van der Waals surface area contributed by atoms with Crippen LogP contribution in [0.1, 0.15) is 12.0 Å². The topological polar surface area (TPSA) is 99.7 Å². The Morgan fingerprint density at radius 3 is 2.96 bits per heavy atom. The first kappa shape index (κ1) is 18.2. The van der Waals surface area contributed by atoms with Crippen LogP contribution in [0.3, 0.4) is 0 Å². The molecule has 0 saturated carbocycles. The standard InChI is InChI=1S/C17H25N3O4/c1-24-8-7-19-17(23)20-14-4-2-3-12(9-14)10-15(16(21)22)13-5-6-18-11-13/h2-4,9,13,15,18H,5-8,10-11H2,1H3,(H,21,22)(H2,19,20,23)/t13-,15-/m0/s1. The summed E-state index contributed by atoms with van der Waals surface area (Å²) >= 11 is 0. The average Bonchev–Trinajstić information content (AvgIpc) is 3.07. The maximum Gasteiger partial charge on any atom is 0.319 e. The second-order valence-corrected chi connectivity index (χ2v) is 5.98. The summed E-state index contributed by atoms with van der Waals surface area (Å²) < 4.78 is 4.87. The van der Waals surface area contributed by atoms with Crippen molar-refractivity contribution in [2.24, 2.45) is 11.8 Å². The van der Waals surface area contributed by atoms with Gasteiger partial charge in [-0.25, -0.2) is 4.79 Å². The van der Waals surface area contributed by atoms with Gasteiger partial charge in [-0.05, 0) is 49.5 Å². The monoisotopic (exact) mass is 335 g/mol. The highest BCUT2D eigenvalue weighted by atomic mass is 16.5. The fraction of sp³-hybridized carbons (Fsp3) is 0.529. The predicted octanol–water partition coefficient (Wildman–Crippen LogP) is 1.31. The Morgan fingerprint density at radius 1 is 1.46 bits per heavy atom. The van der Waals surface area contributed by atoms with Crippen LogP contribution in [-0.4, -0.2) is 50.5 Å². The maximum atomic E-state index is 11.8. The molecule has 1 aliphatic rings. The summed E-state index contributed by atoms with van der Waals surface area (Å²) in [4.78, 5) is 23.3. The molecule has 1 fully saturated rings. The van der Waals surface area contributed by atoms with Gasteiger partial charge in [-0.15, -0.1) is 0 Å². The number of nitrogens with one attached hydrogen (secondary N) is 3. The highest BCUT2D eigenvalue weighted by molar-refractivity contribution is 5.89. The number of carbonyl (C=O) groups excluding carboxylic acids is 1. The number of carboxylic acid groups (broad SMARTS) is 1. The van der Waals surface area contributed by atoms with Crippen molar-refractivity contribution in [1.82, 2.24) is 10.6 Å². The van der Waals surface area contributed by atoms with Gasteiger partial charge < -0.3 is 25.8 Å². The van der Waals surface area contributed by atoms with Crippen LogP contribution < -0.4 is 16.0 Å². The molecular formula is C17H25N3O4. The number of anilines is 1. The SMILES string of the molecule is COCCNC(=O)Nc1cccc(C[C@H](C(=O)O)[C@H]2CCNC2)c1. The van der Waals surface area contributed by atoms with Gasteiger partial charge in [0, 0.05) is 19.3 Å². The van der Waals surface area contributed by atoms with Crippen molar-refractivity contribution in [1.29, 1.82) is 0 Å². The largest absolute Gasteiger partial charge is 0.481 e. The lowest BCUT2D eigenvalue weighted by Gasteiger charge is -2.19. The fourth-order valence-electron chi connectivity index (χ4n) is 2.95. The quantitative estimate of drug-likeness (QED) is 0.537. The van der Waals surface area contributed by atoms with Gasteiger partial charge in [0.1, 0.15) is 0 Å². The van der Waals surface area contributed by atoms with E-state index in [4.69, 9.17) is 4.74 Å². The number of carboxylic acids is 1. The summed E-state index contributed by atoms with van der Waals surface area (Å²) in [6, 6.07) is 7.03. The zero-order valence-corrected chi connectivity index (χ0v) is 13.9. The van der Waals surface area contributed by atoms with Gasteiger partial charge in [0.05, 0.1) is 12.5 Å². The Kier molecular flexibility index (Phi) is 7.02. The Labute approximate surface area is 141 Å². The molecule has 7 heteroatoms. The van der Waals surface area contributed by atoms with E-state index in [1.54, 1.807) is 13.2 Å². The van der Waals surface area contributed by atoms with Crippen molar-refractivity contribution in [2.45, 2.75) is 12.8 Å². The molecule has 24 heavy (non-hydrogen) atoms. The van der Waals surface area contributed by atoms with Crippen LogP contribution in [0.5, 0.6) is 0 Å². The molecule has 2 rings (SSSR count). The van der Waals surface area contributed by atoms with Gasteiger partial charge in [-0.3, -0.25) is 4.79 Å². The summed E-state index contributed by atoms with van der Waals surface area (Å²) in [5, 5.41) is 18.2. The number of carbonyl (C=O) groups is 2. The third-order valence-corrected chi connectivity index (χ3v) is 4.22. The van der Waals surface area contributed by atoms with Crippen molar-refractivity contribution >= 4 is 17.7 Å². The van der Waals surface area contributed by atoms with E-state index >= 15 is 0 Å². The normalized spacial score (nSPS) is 18.1. The first-order valence-corrected chi connectivity index (χ1v) is 8.16. The van der Waals surface area contributed by atoms with Gasteiger partial charge in [0.25, 0.3) is 0 Å². The Bertz CT molecular complexity index is 559. The molecular weight excluding hydrogens is 310 g/mol. The highest BCUT2D eigenvalue weighted by Crippen LogP contribution is 2.24. The van der Waals surface area contributed by atoms with Gasteiger partial charge in [0.15, 0.2) is 0 Å². The molecule has 0 aliphatic carbocycles. The zero-order valence-electron chi connectivity index (χ0n) is 13.9. The number of hydrogen-bond donors (Lipinski definition) is 4. The van der Waals surface area contributed by atoms with E-state index in [0.717, 1.165) is 25.1 Å². The first-order chi connectivity index (χ1) is 11.6. The maximum absolute atomic E-state index is 11.8. The number of ether oxygens (including phenoxy) is 1. The van der Waals surface area contributed by atoms with Crippen molar-refractivity contribution in [3.05, 3.63) is 29.8 Å². The van der Waals surface area contributed by atoms with Gasteiger partial charge >= 0.3 is 12.0 Å². The minimum absolute atomic E-state index is 0.149. The molecule has 1 heterocycles. The van der Waals surface area contributed by atoms with Crippen molar-refractivity contribution in [2.75, 3.05) is 38.7 Å². The Morgan fingerprint density at radius 2 is 2.29 bits per heavy atom.